The van der Waals surface area contributed by atoms with Crippen LogP contribution in [-0.4, -0.2) is 8.42 Å². The van der Waals surface area contributed by atoms with Crippen LogP contribution in [0.5, 0.6) is 0 Å². The molecule has 0 aromatic heterocycles. The van der Waals surface area contributed by atoms with Gasteiger partial charge >= 0.3 is 0 Å². The van der Waals surface area contributed by atoms with Crippen molar-refractivity contribution in [2.24, 2.45) is 0 Å². The predicted molar refractivity (Wildman–Crippen MR) is 75.7 cm³/mol. The summed E-state index contributed by atoms with van der Waals surface area (Å²) in [6.07, 6.45) is 0. The van der Waals surface area contributed by atoms with E-state index in [0.717, 1.165) is 12.1 Å². The first-order valence-electron chi connectivity index (χ1n) is 5.32. The molecule has 0 aliphatic carbocycles. The Bertz CT molecular complexity index is 766. The van der Waals surface area contributed by atoms with E-state index >= 15 is 0 Å². The van der Waals surface area contributed by atoms with E-state index in [-0.39, 0.29) is 16.3 Å². The highest BCUT2D eigenvalue weighted by molar-refractivity contribution is 9.10. The summed E-state index contributed by atoms with van der Waals surface area (Å²) in [5.41, 5.74) is 5.49. The highest BCUT2D eigenvalue weighted by Gasteiger charge is 2.17. The van der Waals surface area contributed by atoms with E-state index in [2.05, 4.69) is 15.9 Å². The first-order valence-corrected chi connectivity index (χ1v) is 7.60. The lowest BCUT2D eigenvalue weighted by molar-refractivity contribution is 0.583. The Labute approximate surface area is 122 Å². The molecule has 106 valence electrons. The lowest BCUT2D eigenvalue weighted by Crippen LogP contribution is -2.14. The molecule has 2 aromatic carbocycles. The van der Waals surface area contributed by atoms with Gasteiger partial charge in [0.15, 0.2) is 0 Å². The van der Waals surface area contributed by atoms with Gasteiger partial charge in [0.05, 0.1) is 10.6 Å². The number of rotatable bonds is 3. The molecule has 4 nitrogen and oxygen atoms in total. The zero-order valence-electron chi connectivity index (χ0n) is 9.90. The van der Waals surface area contributed by atoms with Crippen LogP contribution < -0.4 is 10.5 Å². The summed E-state index contributed by atoms with van der Waals surface area (Å²) in [4.78, 5) is -0.123. The summed E-state index contributed by atoms with van der Waals surface area (Å²) in [5, 5.41) is 0. The molecule has 0 radical (unpaired) electrons. The number of anilines is 2. The third kappa shape index (κ3) is 3.07. The van der Waals surface area contributed by atoms with Crippen molar-refractivity contribution in [3.05, 3.63) is 52.5 Å². The molecular weight excluding hydrogens is 354 g/mol. The van der Waals surface area contributed by atoms with Crippen molar-refractivity contribution < 1.29 is 17.2 Å². The Morgan fingerprint density at radius 2 is 1.80 bits per heavy atom. The predicted octanol–water partition coefficient (Wildman–Crippen LogP) is 3.11. The molecule has 0 saturated carbocycles. The SMILES string of the molecule is Nc1cc(S(=O)(=O)Nc2ccc(F)cc2F)ccc1Br. The highest BCUT2D eigenvalue weighted by atomic mass is 79.9. The fourth-order valence-electron chi connectivity index (χ4n) is 1.46. The molecule has 20 heavy (non-hydrogen) atoms. The van der Waals surface area contributed by atoms with E-state index in [1.807, 2.05) is 4.72 Å². The Morgan fingerprint density at radius 1 is 1.10 bits per heavy atom. The van der Waals surface area contributed by atoms with Gasteiger partial charge in [-0.05, 0) is 46.3 Å². The van der Waals surface area contributed by atoms with Gasteiger partial charge in [-0.3, -0.25) is 4.72 Å². The molecule has 0 bridgehead atoms. The second kappa shape index (κ2) is 5.37. The minimum atomic E-state index is -4.00. The van der Waals surface area contributed by atoms with Gasteiger partial charge in [0.1, 0.15) is 11.6 Å². The molecule has 0 saturated heterocycles. The highest BCUT2D eigenvalue weighted by Crippen LogP contribution is 2.25. The number of sulfonamides is 1. The lowest BCUT2D eigenvalue weighted by Gasteiger charge is -2.10. The van der Waals surface area contributed by atoms with Crippen LogP contribution in [0.25, 0.3) is 0 Å². The van der Waals surface area contributed by atoms with Crippen LogP contribution in [0.2, 0.25) is 0 Å². The number of benzene rings is 2. The number of nitrogens with one attached hydrogen (secondary N) is 1. The number of nitrogens with two attached hydrogens (primary N) is 1. The molecule has 0 unspecified atom stereocenters. The molecule has 0 aliphatic rings. The lowest BCUT2D eigenvalue weighted by atomic mass is 10.3. The van der Waals surface area contributed by atoms with Gasteiger partial charge < -0.3 is 5.73 Å². The standard InChI is InChI=1S/C12H9BrF2N2O2S/c13-9-3-2-8(6-11(9)16)20(18,19)17-12-4-1-7(14)5-10(12)15/h1-6,17H,16H2. The smallest absolute Gasteiger partial charge is 0.262 e. The van der Waals surface area contributed by atoms with Crippen molar-refractivity contribution in [1.29, 1.82) is 0 Å². The van der Waals surface area contributed by atoms with Gasteiger partial charge in [-0.25, -0.2) is 17.2 Å². The number of hydrogen-bond donors (Lipinski definition) is 2. The maximum atomic E-state index is 13.4. The van der Waals surface area contributed by atoms with Gasteiger partial charge in [0, 0.05) is 16.2 Å². The summed E-state index contributed by atoms with van der Waals surface area (Å²) < 4.78 is 52.9. The molecule has 0 heterocycles. The molecule has 0 spiro atoms. The van der Waals surface area contributed by atoms with Crippen LogP contribution in [0, 0.1) is 11.6 Å². The average molecular weight is 363 g/mol. The first-order chi connectivity index (χ1) is 9.29. The van der Waals surface area contributed by atoms with Gasteiger partial charge in [-0.1, -0.05) is 0 Å². The van der Waals surface area contributed by atoms with Crippen molar-refractivity contribution in [2.75, 3.05) is 10.5 Å². The third-order valence-electron chi connectivity index (χ3n) is 2.45. The normalized spacial score (nSPS) is 11.3. The third-order valence-corrected chi connectivity index (χ3v) is 4.54. The summed E-state index contributed by atoms with van der Waals surface area (Å²) in [7, 11) is -4.00. The fraction of sp³-hybridized carbons (Fsp3) is 0. The zero-order chi connectivity index (χ0) is 14.9. The molecule has 0 amide bonds. The van der Waals surface area contributed by atoms with E-state index in [9.17, 15) is 17.2 Å². The molecule has 2 rings (SSSR count). The average Bonchev–Trinajstić information content (AvgIpc) is 2.36. The number of nitrogen functional groups attached to an aromatic ring is 1. The largest absolute Gasteiger partial charge is 0.398 e. The van der Waals surface area contributed by atoms with E-state index in [4.69, 9.17) is 5.73 Å². The summed E-state index contributed by atoms with van der Waals surface area (Å²) in [5.74, 6) is -1.79. The molecule has 3 N–H and O–H groups in total. The maximum absolute atomic E-state index is 13.4. The minimum Gasteiger partial charge on any atom is -0.398 e. The van der Waals surface area contributed by atoms with Crippen molar-refractivity contribution in [3.8, 4) is 0 Å². The van der Waals surface area contributed by atoms with Gasteiger partial charge in [0.2, 0.25) is 0 Å². The Kier molecular flexibility index (Phi) is 3.96. The van der Waals surface area contributed by atoms with E-state index in [1.54, 1.807) is 0 Å². The van der Waals surface area contributed by atoms with Crippen molar-refractivity contribution in [2.45, 2.75) is 4.90 Å². The maximum Gasteiger partial charge on any atom is 0.262 e. The van der Waals surface area contributed by atoms with Gasteiger partial charge in [0.25, 0.3) is 10.0 Å². The second-order valence-corrected chi connectivity index (χ2v) is 6.45. The fourth-order valence-corrected chi connectivity index (χ4v) is 2.81. The van der Waals surface area contributed by atoms with Crippen LogP contribution in [0.1, 0.15) is 0 Å². The molecule has 0 atom stereocenters. The van der Waals surface area contributed by atoms with E-state index < -0.39 is 21.7 Å². The van der Waals surface area contributed by atoms with Crippen molar-refractivity contribution in [3.63, 3.8) is 0 Å². The Hall–Kier alpha value is -1.67. The van der Waals surface area contributed by atoms with Crippen LogP contribution in [0.4, 0.5) is 20.2 Å². The van der Waals surface area contributed by atoms with Gasteiger partial charge in [-0.15, -0.1) is 0 Å². The topological polar surface area (TPSA) is 72.2 Å². The minimum absolute atomic E-state index is 0.123. The monoisotopic (exact) mass is 362 g/mol. The molecule has 2 aromatic rings. The summed E-state index contributed by atoms with van der Waals surface area (Å²) in [6.45, 7) is 0. The second-order valence-electron chi connectivity index (χ2n) is 3.91. The van der Waals surface area contributed by atoms with Crippen molar-refractivity contribution >= 4 is 37.3 Å². The summed E-state index contributed by atoms with van der Waals surface area (Å²) >= 11 is 3.14. The molecule has 0 aliphatic heterocycles. The van der Waals surface area contributed by atoms with Crippen LogP contribution in [-0.2, 0) is 10.0 Å². The van der Waals surface area contributed by atoms with E-state index in [0.29, 0.717) is 10.5 Å². The molecular formula is C12H9BrF2N2O2S. The quantitative estimate of drug-likeness (QED) is 0.824. The zero-order valence-corrected chi connectivity index (χ0v) is 12.3. The summed E-state index contributed by atoms with van der Waals surface area (Å²) in [6, 6.07) is 6.55. The first kappa shape index (κ1) is 14.7. The molecule has 8 heteroatoms. The van der Waals surface area contributed by atoms with Gasteiger partial charge in [-0.2, -0.15) is 0 Å². The Balaban J connectivity index is 2.38. The number of halogens is 3. The molecule has 0 fully saturated rings. The number of hydrogen-bond acceptors (Lipinski definition) is 3. The van der Waals surface area contributed by atoms with Crippen molar-refractivity contribution in [1.82, 2.24) is 0 Å². The van der Waals surface area contributed by atoms with Crippen LogP contribution in [0.15, 0.2) is 45.8 Å². The van der Waals surface area contributed by atoms with Crippen LogP contribution in [0.3, 0.4) is 0 Å². The van der Waals surface area contributed by atoms with E-state index in [1.165, 1.54) is 18.2 Å². The van der Waals surface area contributed by atoms with Crippen LogP contribution >= 0.6 is 15.9 Å². The Morgan fingerprint density at radius 3 is 2.40 bits per heavy atom.